The van der Waals surface area contributed by atoms with Crippen molar-refractivity contribution in [2.75, 3.05) is 18.5 Å². The van der Waals surface area contributed by atoms with Gasteiger partial charge >= 0.3 is 0 Å². The van der Waals surface area contributed by atoms with Crippen LogP contribution in [0.25, 0.3) is 0 Å². The van der Waals surface area contributed by atoms with Gasteiger partial charge < -0.3 is 15.5 Å². The zero-order valence-electron chi connectivity index (χ0n) is 8.24. The summed E-state index contributed by atoms with van der Waals surface area (Å²) >= 11 is 11.6. The highest BCUT2D eigenvalue weighted by Gasteiger charge is 2.11. The average molecular weight is 261 g/mol. The number of nitrogens with one attached hydrogen (secondary N) is 1. The largest absolute Gasteiger partial charge is 0.394 e. The molecular formula is C10H10Cl2N2O2. The summed E-state index contributed by atoms with van der Waals surface area (Å²) in [6, 6.07) is 5.07. The molecule has 1 atom stereocenters. The van der Waals surface area contributed by atoms with Crippen molar-refractivity contribution in [1.29, 1.82) is 5.26 Å². The fraction of sp³-hybridized carbons (Fsp3) is 0.300. The molecule has 0 aliphatic heterocycles. The molecule has 0 fully saturated rings. The van der Waals surface area contributed by atoms with Gasteiger partial charge in [0.1, 0.15) is 6.07 Å². The maximum atomic E-state index is 9.15. The molecule has 3 N–H and O–H groups in total. The van der Waals surface area contributed by atoms with Crippen LogP contribution in [-0.2, 0) is 0 Å². The van der Waals surface area contributed by atoms with E-state index in [4.69, 9.17) is 38.7 Å². The molecule has 86 valence electrons. The molecule has 0 saturated carbocycles. The Bertz CT molecular complexity index is 418. The number of halogens is 2. The summed E-state index contributed by atoms with van der Waals surface area (Å²) in [5.41, 5.74) is 0.698. The number of rotatable bonds is 4. The summed E-state index contributed by atoms with van der Waals surface area (Å²) < 4.78 is 0. The van der Waals surface area contributed by atoms with E-state index in [1.807, 2.05) is 6.07 Å². The third-order valence-electron chi connectivity index (χ3n) is 1.95. The second kappa shape index (κ2) is 5.92. The highest BCUT2D eigenvalue weighted by molar-refractivity contribution is 6.43. The Morgan fingerprint density at radius 2 is 2.12 bits per heavy atom. The lowest BCUT2D eigenvalue weighted by Crippen LogP contribution is -2.23. The number of benzene rings is 1. The molecular weight excluding hydrogens is 251 g/mol. The van der Waals surface area contributed by atoms with Gasteiger partial charge in [-0.3, -0.25) is 0 Å². The van der Waals surface area contributed by atoms with Gasteiger partial charge in [-0.15, -0.1) is 0 Å². The van der Waals surface area contributed by atoms with Crippen LogP contribution in [0.2, 0.25) is 10.0 Å². The predicted octanol–water partition coefficient (Wildman–Crippen LogP) is 1.63. The van der Waals surface area contributed by atoms with E-state index in [1.54, 1.807) is 12.1 Å². The van der Waals surface area contributed by atoms with Gasteiger partial charge in [0.15, 0.2) is 0 Å². The van der Waals surface area contributed by atoms with Crippen LogP contribution in [0.1, 0.15) is 5.56 Å². The maximum Gasteiger partial charge on any atom is 0.103 e. The first-order valence-electron chi connectivity index (χ1n) is 4.51. The molecule has 4 nitrogen and oxygen atoms in total. The monoisotopic (exact) mass is 260 g/mol. The van der Waals surface area contributed by atoms with E-state index < -0.39 is 6.10 Å². The number of nitrogens with zero attached hydrogens (tertiary/aromatic N) is 1. The second-order valence-electron chi connectivity index (χ2n) is 3.11. The van der Waals surface area contributed by atoms with Gasteiger partial charge in [0.2, 0.25) is 0 Å². The highest BCUT2D eigenvalue weighted by Crippen LogP contribution is 2.30. The van der Waals surface area contributed by atoms with Crippen molar-refractivity contribution in [2.45, 2.75) is 6.10 Å². The predicted molar refractivity (Wildman–Crippen MR) is 62.8 cm³/mol. The van der Waals surface area contributed by atoms with Gasteiger partial charge in [-0.1, -0.05) is 23.2 Å². The molecule has 0 aromatic heterocycles. The van der Waals surface area contributed by atoms with E-state index in [2.05, 4.69) is 5.32 Å². The van der Waals surface area contributed by atoms with Crippen molar-refractivity contribution < 1.29 is 10.2 Å². The summed E-state index contributed by atoms with van der Waals surface area (Å²) in [6.45, 7) is -0.223. The molecule has 1 unspecified atom stereocenters. The third-order valence-corrected chi connectivity index (χ3v) is 2.75. The van der Waals surface area contributed by atoms with Crippen molar-refractivity contribution in [2.24, 2.45) is 0 Å². The molecule has 1 aromatic carbocycles. The van der Waals surface area contributed by atoms with Crippen LogP contribution in [0.4, 0.5) is 5.69 Å². The Labute approximate surface area is 103 Å². The van der Waals surface area contributed by atoms with Crippen molar-refractivity contribution in [1.82, 2.24) is 0 Å². The number of aliphatic hydroxyl groups is 2. The van der Waals surface area contributed by atoms with Crippen molar-refractivity contribution in [3.8, 4) is 6.07 Å². The van der Waals surface area contributed by atoms with Crippen LogP contribution in [0.5, 0.6) is 0 Å². The van der Waals surface area contributed by atoms with Crippen LogP contribution in [0.15, 0.2) is 12.1 Å². The Balaban J connectivity index is 2.89. The molecule has 0 spiro atoms. The van der Waals surface area contributed by atoms with Crippen LogP contribution in [0, 0.1) is 11.3 Å². The maximum absolute atomic E-state index is 9.15. The van der Waals surface area contributed by atoms with Crippen LogP contribution < -0.4 is 5.32 Å². The van der Waals surface area contributed by atoms with Crippen molar-refractivity contribution >= 4 is 28.9 Å². The standard InChI is InChI=1S/C10H10Cl2N2O2/c11-8-1-2-9(7(3-13)10(8)12)14-4-6(16)5-15/h1-2,6,14-16H,4-5H2. The van der Waals surface area contributed by atoms with E-state index in [-0.39, 0.29) is 23.7 Å². The molecule has 0 heterocycles. The summed E-state index contributed by atoms with van der Waals surface area (Å²) in [4.78, 5) is 0. The first kappa shape index (κ1) is 13.1. The molecule has 0 radical (unpaired) electrons. The number of anilines is 1. The Morgan fingerprint density at radius 3 is 2.69 bits per heavy atom. The Hall–Kier alpha value is -0.990. The molecule has 1 aromatic rings. The zero-order chi connectivity index (χ0) is 12.1. The number of hydrogen-bond donors (Lipinski definition) is 3. The molecule has 6 heteroatoms. The Kier molecular flexibility index (Phi) is 4.84. The van der Waals surface area contributed by atoms with E-state index >= 15 is 0 Å². The van der Waals surface area contributed by atoms with Crippen molar-refractivity contribution in [3.63, 3.8) is 0 Å². The van der Waals surface area contributed by atoms with Crippen LogP contribution >= 0.6 is 23.2 Å². The zero-order valence-corrected chi connectivity index (χ0v) is 9.76. The lowest BCUT2D eigenvalue weighted by molar-refractivity contribution is 0.105. The SMILES string of the molecule is N#Cc1c(NCC(O)CO)ccc(Cl)c1Cl. The van der Waals surface area contributed by atoms with E-state index in [1.165, 1.54) is 0 Å². The number of nitriles is 1. The molecule has 0 aliphatic carbocycles. The number of aliphatic hydroxyl groups excluding tert-OH is 2. The first-order chi connectivity index (χ1) is 7.60. The third kappa shape index (κ3) is 3.00. The molecule has 0 amide bonds. The minimum atomic E-state index is -0.888. The van der Waals surface area contributed by atoms with Crippen molar-refractivity contribution in [3.05, 3.63) is 27.7 Å². The minimum absolute atomic E-state index is 0.128. The summed E-state index contributed by atoms with van der Waals surface area (Å²) in [5, 5.41) is 30.0. The molecule has 0 saturated heterocycles. The van der Waals surface area contributed by atoms with E-state index in [0.717, 1.165) is 0 Å². The normalized spacial score (nSPS) is 11.9. The highest BCUT2D eigenvalue weighted by atomic mass is 35.5. The molecule has 16 heavy (non-hydrogen) atoms. The quantitative estimate of drug-likeness (QED) is 0.769. The second-order valence-corrected chi connectivity index (χ2v) is 3.90. The minimum Gasteiger partial charge on any atom is -0.394 e. The lowest BCUT2D eigenvalue weighted by Gasteiger charge is -2.12. The fourth-order valence-electron chi connectivity index (χ4n) is 1.10. The molecule has 0 aliphatic rings. The van der Waals surface area contributed by atoms with E-state index in [9.17, 15) is 0 Å². The van der Waals surface area contributed by atoms with E-state index in [0.29, 0.717) is 10.7 Å². The van der Waals surface area contributed by atoms with Gasteiger partial charge in [-0.2, -0.15) is 5.26 Å². The Morgan fingerprint density at radius 1 is 1.44 bits per heavy atom. The molecule has 0 bridgehead atoms. The average Bonchev–Trinajstić information content (AvgIpc) is 2.30. The lowest BCUT2D eigenvalue weighted by atomic mass is 10.2. The molecule has 1 rings (SSSR count). The first-order valence-corrected chi connectivity index (χ1v) is 5.26. The van der Waals surface area contributed by atoms with Gasteiger partial charge in [-0.05, 0) is 12.1 Å². The smallest absolute Gasteiger partial charge is 0.103 e. The number of hydrogen-bond acceptors (Lipinski definition) is 4. The summed E-state index contributed by atoms with van der Waals surface area (Å²) in [6.07, 6.45) is -0.888. The van der Waals surface area contributed by atoms with Gasteiger partial charge in [0.05, 0.1) is 34.0 Å². The summed E-state index contributed by atoms with van der Waals surface area (Å²) in [5.74, 6) is 0. The van der Waals surface area contributed by atoms with Crippen LogP contribution in [0.3, 0.4) is 0 Å². The van der Waals surface area contributed by atoms with Gasteiger partial charge in [-0.25, -0.2) is 0 Å². The topological polar surface area (TPSA) is 76.3 Å². The fourth-order valence-corrected chi connectivity index (χ4v) is 1.46. The van der Waals surface area contributed by atoms with Crippen LogP contribution in [-0.4, -0.2) is 29.5 Å². The van der Waals surface area contributed by atoms with Gasteiger partial charge in [0.25, 0.3) is 0 Å². The summed E-state index contributed by atoms with van der Waals surface area (Å²) in [7, 11) is 0. The van der Waals surface area contributed by atoms with Gasteiger partial charge in [0, 0.05) is 6.54 Å².